The molecule has 2 aliphatic carbocycles. The van der Waals surface area contributed by atoms with E-state index in [2.05, 4.69) is 18.0 Å². The fraction of sp³-hybridized carbons (Fsp3) is 0.611. The first-order valence-corrected chi connectivity index (χ1v) is 8.27. The smallest absolute Gasteiger partial charge is 0.174 e. The number of ether oxygens (including phenoxy) is 2. The summed E-state index contributed by atoms with van der Waals surface area (Å²) in [5.74, 6) is 2.46. The summed E-state index contributed by atoms with van der Waals surface area (Å²) >= 11 is 0. The molecule has 4 heteroatoms. The lowest BCUT2D eigenvalue weighted by Crippen LogP contribution is -2.65. The van der Waals surface area contributed by atoms with Gasteiger partial charge in [0, 0.05) is 23.4 Å². The van der Waals surface area contributed by atoms with Crippen molar-refractivity contribution in [1.82, 2.24) is 4.90 Å². The van der Waals surface area contributed by atoms with E-state index in [0.717, 1.165) is 37.3 Å². The van der Waals surface area contributed by atoms with Crippen LogP contribution < -0.4 is 9.47 Å². The van der Waals surface area contributed by atoms with E-state index in [1.54, 1.807) is 7.11 Å². The van der Waals surface area contributed by atoms with Gasteiger partial charge in [-0.2, -0.15) is 0 Å². The highest BCUT2D eigenvalue weighted by Gasteiger charge is 2.65. The first-order chi connectivity index (χ1) is 10.7. The molecule has 2 heterocycles. The molecule has 1 aromatic rings. The van der Waals surface area contributed by atoms with Gasteiger partial charge in [-0.05, 0) is 50.4 Å². The lowest BCUT2D eigenvalue weighted by Gasteiger charge is -2.57. The second-order valence-electron chi connectivity index (χ2n) is 7.28. The maximum Gasteiger partial charge on any atom is 0.174 e. The summed E-state index contributed by atoms with van der Waals surface area (Å²) in [5.41, 5.74) is 2.57. The number of ketones is 1. The van der Waals surface area contributed by atoms with Crippen molar-refractivity contribution in [2.45, 2.75) is 43.2 Å². The molecular weight excluding hydrogens is 278 g/mol. The predicted octanol–water partition coefficient (Wildman–Crippen LogP) is 1.93. The fourth-order valence-corrected chi connectivity index (χ4v) is 5.67. The molecule has 0 radical (unpaired) electrons. The highest BCUT2D eigenvalue weighted by molar-refractivity contribution is 5.89. The molecule has 1 aromatic carbocycles. The third-order valence-electron chi connectivity index (χ3n) is 6.59. The molecule has 2 fully saturated rings. The number of rotatable bonds is 1. The Balaban J connectivity index is 1.81. The molecule has 0 N–H and O–H groups in total. The summed E-state index contributed by atoms with van der Waals surface area (Å²) in [7, 11) is 3.91. The zero-order valence-electron chi connectivity index (χ0n) is 13.1. The number of likely N-dealkylation sites (N-methyl/N-ethyl adjacent to an activating group) is 1. The van der Waals surface area contributed by atoms with Crippen LogP contribution in [0.25, 0.3) is 0 Å². The third-order valence-corrected chi connectivity index (χ3v) is 6.59. The zero-order valence-corrected chi connectivity index (χ0v) is 13.1. The third kappa shape index (κ3) is 1.27. The minimum atomic E-state index is -0.284. The Morgan fingerprint density at radius 1 is 1.41 bits per heavy atom. The van der Waals surface area contributed by atoms with Gasteiger partial charge in [0.05, 0.1) is 7.11 Å². The number of hydrogen-bond acceptors (Lipinski definition) is 4. The largest absolute Gasteiger partial charge is 0.493 e. The molecule has 1 saturated heterocycles. The first-order valence-electron chi connectivity index (χ1n) is 8.27. The molecule has 4 aliphatic rings. The number of methoxy groups -OCH3 is 1. The van der Waals surface area contributed by atoms with Crippen LogP contribution in [-0.4, -0.2) is 43.5 Å². The van der Waals surface area contributed by atoms with Gasteiger partial charge in [-0.3, -0.25) is 4.79 Å². The van der Waals surface area contributed by atoms with Crippen LogP contribution in [0.15, 0.2) is 12.1 Å². The SMILES string of the molecule is COc1ccc2c3c1OC1C(=O)CCC4C(C2)N(C)CC[C@]314. The molecule has 0 aromatic heterocycles. The van der Waals surface area contributed by atoms with Crippen LogP contribution in [0.3, 0.4) is 0 Å². The number of carbonyl (C=O) groups excluding carboxylic acids is 1. The van der Waals surface area contributed by atoms with Gasteiger partial charge in [0.25, 0.3) is 0 Å². The molecule has 5 rings (SSSR count). The first kappa shape index (κ1) is 12.9. The Bertz CT molecular complexity index is 685. The van der Waals surface area contributed by atoms with Crippen LogP contribution >= 0.6 is 0 Å². The van der Waals surface area contributed by atoms with E-state index in [9.17, 15) is 4.79 Å². The van der Waals surface area contributed by atoms with Crippen LogP contribution in [0, 0.1) is 5.92 Å². The van der Waals surface area contributed by atoms with E-state index >= 15 is 0 Å². The van der Waals surface area contributed by atoms with E-state index in [1.807, 2.05) is 6.07 Å². The lowest BCUT2D eigenvalue weighted by atomic mass is 9.52. The molecule has 2 bridgehead atoms. The average Bonchev–Trinajstić information content (AvgIpc) is 2.88. The predicted molar refractivity (Wildman–Crippen MR) is 81.6 cm³/mol. The van der Waals surface area contributed by atoms with Gasteiger partial charge in [-0.1, -0.05) is 6.07 Å². The van der Waals surface area contributed by atoms with Crippen LogP contribution in [-0.2, 0) is 16.6 Å². The minimum absolute atomic E-state index is 0.0933. The number of carbonyl (C=O) groups is 1. The second kappa shape index (κ2) is 4.05. The molecular formula is C18H21NO3. The molecule has 0 amide bonds. The molecule has 116 valence electrons. The van der Waals surface area contributed by atoms with E-state index in [1.165, 1.54) is 11.1 Å². The van der Waals surface area contributed by atoms with Crippen LogP contribution in [0.4, 0.5) is 0 Å². The van der Waals surface area contributed by atoms with Crippen molar-refractivity contribution < 1.29 is 14.3 Å². The molecule has 3 unspecified atom stereocenters. The van der Waals surface area contributed by atoms with Crippen molar-refractivity contribution in [3.63, 3.8) is 0 Å². The van der Waals surface area contributed by atoms with E-state index in [4.69, 9.17) is 9.47 Å². The number of piperidine rings is 1. The van der Waals surface area contributed by atoms with Gasteiger partial charge < -0.3 is 14.4 Å². The van der Waals surface area contributed by atoms with Gasteiger partial charge >= 0.3 is 0 Å². The Kier molecular flexibility index (Phi) is 2.38. The molecule has 2 aliphatic heterocycles. The van der Waals surface area contributed by atoms with Crippen molar-refractivity contribution in [1.29, 1.82) is 0 Å². The summed E-state index contributed by atoms with van der Waals surface area (Å²) in [6, 6.07) is 4.73. The summed E-state index contributed by atoms with van der Waals surface area (Å²) in [6.45, 7) is 1.05. The Labute approximate surface area is 130 Å². The van der Waals surface area contributed by atoms with Crippen LogP contribution in [0.5, 0.6) is 11.5 Å². The monoisotopic (exact) mass is 299 g/mol. The summed E-state index contributed by atoms with van der Waals surface area (Å²) in [6.07, 6.45) is 3.47. The highest BCUT2D eigenvalue weighted by atomic mass is 16.5. The summed E-state index contributed by atoms with van der Waals surface area (Å²) < 4.78 is 11.8. The topological polar surface area (TPSA) is 38.8 Å². The standard InChI is InChI=1S/C18H21NO3/c1-19-8-7-18-11-4-5-13(20)17(18)22-16-14(21-2)6-3-10(15(16)18)9-12(11)19/h3,6,11-12,17H,4-5,7-9H2,1-2H3/t11?,12?,17?,18-/m0/s1. The zero-order chi connectivity index (χ0) is 15.1. The number of benzene rings is 1. The van der Waals surface area contributed by atoms with Crippen LogP contribution in [0.2, 0.25) is 0 Å². The molecule has 1 saturated carbocycles. The lowest BCUT2D eigenvalue weighted by molar-refractivity contribution is -0.138. The summed E-state index contributed by atoms with van der Waals surface area (Å²) in [5, 5.41) is 0. The Morgan fingerprint density at radius 3 is 3.09 bits per heavy atom. The quantitative estimate of drug-likeness (QED) is 0.794. The van der Waals surface area contributed by atoms with Gasteiger partial charge in [0.15, 0.2) is 23.4 Å². The number of likely N-dealkylation sites (tertiary alicyclic amines) is 1. The fourth-order valence-electron chi connectivity index (χ4n) is 5.67. The number of hydrogen-bond donors (Lipinski definition) is 0. The molecule has 22 heavy (non-hydrogen) atoms. The molecule has 4 atom stereocenters. The highest BCUT2D eigenvalue weighted by Crippen LogP contribution is 2.62. The van der Waals surface area contributed by atoms with Gasteiger partial charge in [0.2, 0.25) is 0 Å². The average molecular weight is 299 g/mol. The molecule has 1 spiro atoms. The van der Waals surface area contributed by atoms with Crippen molar-refractivity contribution in [2.75, 3.05) is 20.7 Å². The van der Waals surface area contributed by atoms with Crippen molar-refractivity contribution >= 4 is 5.78 Å². The van der Waals surface area contributed by atoms with Crippen molar-refractivity contribution in [2.24, 2.45) is 5.92 Å². The normalized spacial score (nSPS) is 38.5. The second-order valence-corrected chi connectivity index (χ2v) is 7.28. The van der Waals surface area contributed by atoms with Crippen molar-refractivity contribution in [3.8, 4) is 11.5 Å². The van der Waals surface area contributed by atoms with E-state index in [0.29, 0.717) is 18.4 Å². The van der Waals surface area contributed by atoms with Crippen LogP contribution in [0.1, 0.15) is 30.4 Å². The maximum atomic E-state index is 12.6. The number of nitrogens with zero attached hydrogens (tertiary/aromatic N) is 1. The van der Waals surface area contributed by atoms with Gasteiger partial charge in [-0.25, -0.2) is 0 Å². The van der Waals surface area contributed by atoms with E-state index < -0.39 is 0 Å². The summed E-state index contributed by atoms with van der Waals surface area (Å²) in [4.78, 5) is 15.1. The van der Waals surface area contributed by atoms with E-state index in [-0.39, 0.29) is 17.3 Å². The Hall–Kier alpha value is -1.55. The van der Waals surface area contributed by atoms with Gasteiger partial charge in [-0.15, -0.1) is 0 Å². The maximum absolute atomic E-state index is 12.6. The van der Waals surface area contributed by atoms with Crippen molar-refractivity contribution in [3.05, 3.63) is 23.3 Å². The number of Topliss-reactive ketones (excluding diaryl/α,β-unsaturated/α-hetero) is 1. The van der Waals surface area contributed by atoms with Gasteiger partial charge in [0.1, 0.15) is 0 Å². The molecule has 4 nitrogen and oxygen atoms in total. The Morgan fingerprint density at radius 2 is 2.27 bits per heavy atom. The minimum Gasteiger partial charge on any atom is -0.493 e.